The van der Waals surface area contributed by atoms with Crippen LogP contribution in [0.4, 0.5) is 4.39 Å². The molecule has 0 bridgehead atoms. The molecule has 1 aromatic heterocycles. The molecule has 3 nitrogen and oxygen atoms in total. The lowest BCUT2D eigenvalue weighted by Gasteiger charge is -2.15. The Balaban J connectivity index is 2.02. The van der Waals surface area contributed by atoms with Crippen molar-refractivity contribution in [3.05, 3.63) is 47.5 Å². The van der Waals surface area contributed by atoms with Crippen molar-refractivity contribution in [2.45, 2.75) is 26.2 Å². The number of aromatic nitrogens is 1. The molecule has 1 aromatic carbocycles. The summed E-state index contributed by atoms with van der Waals surface area (Å²) in [6.45, 7) is 2.25. The number of Topliss-reactive ketones (excluding diaryl/α,β-unsaturated/α-hetero) is 1. The number of ether oxygens (including phenoxy) is 1. The number of ketones is 1. The first-order chi connectivity index (χ1) is 9.70. The zero-order valence-electron chi connectivity index (χ0n) is 11.4. The van der Waals surface area contributed by atoms with Gasteiger partial charge in [0.15, 0.2) is 17.3 Å². The van der Waals surface area contributed by atoms with Crippen molar-refractivity contribution < 1.29 is 13.9 Å². The molecule has 4 heteroatoms. The van der Waals surface area contributed by atoms with E-state index in [1.807, 2.05) is 29.8 Å². The lowest BCUT2D eigenvalue weighted by Crippen LogP contribution is -2.12. The molecule has 1 aliphatic rings. The van der Waals surface area contributed by atoms with E-state index in [0.717, 1.165) is 29.8 Å². The summed E-state index contributed by atoms with van der Waals surface area (Å²) in [5, 5.41) is 0. The second-order valence-electron chi connectivity index (χ2n) is 4.87. The number of halogens is 1. The van der Waals surface area contributed by atoms with Crippen molar-refractivity contribution in [2.24, 2.45) is 0 Å². The number of carbonyl (C=O) groups excluding carboxylic acids is 1. The third-order valence-corrected chi connectivity index (χ3v) is 3.60. The molecule has 0 saturated carbocycles. The van der Waals surface area contributed by atoms with Gasteiger partial charge in [0.05, 0.1) is 6.61 Å². The second kappa shape index (κ2) is 5.12. The van der Waals surface area contributed by atoms with Gasteiger partial charge in [0.25, 0.3) is 0 Å². The van der Waals surface area contributed by atoms with Crippen LogP contribution in [-0.4, -0.2) is 17.0 Å². The molecule has 1 aliphatic carbocycles. The number of hydrogen-bond acceptors (Lipinski definition) is 2. The lowest BCUT2D eigenvalue weighted by atomic mass is 9.97. The topological polar surface area (TPSA) is 31.2 Å². The molecule has 0 atom stereocenters. The van der Waals surface area contributed by atoms with Gasteiger partial charge in [-0.25, -0.2) is 4.39 Å². The van der Waals surface area contributed by atoms with E-state index in [-0.39, 0.29) is 17.3 Å². The highest BCUT2D eigenvalue weighted by molar-refractivity contribution is 5.98. The minimum Gasteiger partial charge on any atom is -0.491 e. The fourth-order valence-corrected chi connectivity index (χ4v) is 2.68. The van der Waals surface area contributed by atoms with E-state index in [2.05, 4.69) is 0 Å². The zero-order chi connectivity index (χ0) is 14.1. The van der Waals surface area contributed by atoms with Gasteiger partial charge in [-0.15, -0.1) is 0 Å². The van der Waals surface area contributed by atoms with E-state index in [4.69, 9.17) is 4.74 Å². The lowest BCUT2D eigenvalue weighted by molar-refractivity contribution is 0.0972. The Kier molecular flexibility index (Phi) is 3.30. The third-order valence-electron chi connectivity index (χ3n) is 3.60. The first-order valence-corrected chi connectivity index (χ1v) is 6.87. The molecule has 0 N–H and O–H groups in total. The van der Waals surface area contributed by atoms with E-state index >= 15 is 0 Å². The molecular weight excluding hydrogens is 257 g/mol. The second-order valence-corrected chi connectivity index (χ2v) is 4.87. The number of fused-ring (bicyclic) bond motifs is 1. The van der Waals surface area contributed by atoms with Gasteiger partial charge in [0.1, 0.15) is 0 Å². The van der Waals surface area contributed by atoms with E-state index < -0.39 is 0 Å². The van der Waals surface area contributed by atoms with Gasteiger partial charge in [-0.2, -0.15) is 0 Å². The number of rotatable bonds is 3. The Morgan fingerprint density at radius 2 is 2.15 bits per heavy atom. The molecule has 1 heterocycles. The van der Waals surface area contributed by atoms with Gasteiger partial charge in [0, 0.05) is 35.6 Å². The maximum atomic E-state index is 13.9. The highest BCUT2D eigenvalue weighted by Gasteiger charge is 2.21. The highest BCUT2D eigenvalue weighted by Crippen LogP contribution is 2.27. The van der Waals surface area contributed by atoms with Crippen LogP contribution >= 0.6 is 0 Å². The van der Waals surface area contributed by atoms with Crippen LogP contribution in [0.15, 0.2) is 30.5 Å². The van der Waals surface area contributed by atoms with Crippen molar-refractivity contribution in [2.75, 3.05) is 6.61 Å². The molecule has 0 saturated heterocycles. The predicted molar refractivity (Wildman–Crippen MR) is 74.2 cm³/mol. The minimum absolute atomic E-state index is 0.177. The normalized spacial score (nSPS) is 14.2. The Labute approximate surface area is 117 Å². The Morgan fingerprint density at radius 1 is 1.30 bits per heavy atom. The molecule has 0 radical (unpaired) electrons. The van der Waals surface area contributed by atoms with Crippen molar-refractivity contribution in [1.82, 2.24) is 4.57 Å². The Morgan fingerprint density at radius 3 is 2.90 bits per heavy atom. The molecule has 20 heavy (non-hydrogen) atoms. The first kappa shape index (κ1) is 12.9. The molecule has 0 spiro atoms. The molecule has 3 rings (SSSR count). The van der Waals surface area contributed by atoms with Gasteiger partial charge >= 0.3 is 0 Å². The standard InChI is InChI=1S/C16H16FNO2/c1-2-20-16-7-6-11(10-13(16)17)18-9-8-12-14(18)4-3-5-15(12)19/h6-10H,2-5H2,1H3. The van der Waals surface area contributed by atoms with Crippen LogP contribution in [0.25, 0.3) is 5.69 Å². The number of benzene rings is 1. The van der Waals surface area contributed by atoms with Crippen molar-refractivity contribution >= 4 is 5.78 Å². The van der Waals surface area contributed by atoms with Crippen LogP contribution in [0.3, 0.4) is 0 Å². The van der Waals surface area contributed by atoms with E-state index in [1.54, 1.807) is 6.07 Å². The summed E-state index contributed by atoms with van der Waals surface area (Å²) in [5.74, 6) is 0.0543. The number of carbonyl (C=O) groups is 1. The molecule has 0 aliphatic heterocycles. The summed E-state index contributed by atoms with van der Waals surface area (Å²) < 4.78 is 21.0. The monoisotopic (exact) mass is 273 g/mol. The third kappa shape index (κ3) is 2.11. The van der Waals surface area contributed by atoms with E-state index in [9.17, 15) is 9.18 Å². The Bertz CT molecular complexity index is 660. The minimum atomic E-state index is -0.381. The van der Waals surface area contributed by atoms with Crippen LogP contribution in [-0.2, 0) is 6.42 Å². The first-order valence-electron chi connectivity index (χ1n) is 6.87. The van der Waals surface area contributed by atoms with Crippen molar-refractivity contribution in [3.63, 3.8) is 0 Å². The molecule has 104 valence electrons. The van der Waals surface area contributed by atoms with Gasteiger partial charge in [-0.1, -0.05) is 0 Å². The van der Waals surface area contributed by atoms with Gasteiger partial charge < -0.3 is 9.30 Å². The smallest absolute Gasteiger partial charge is 0.167 e. The summed E-state index contributed by atoms with van der Waals surface area (Å²) >= 11 is 0. The molecule has 0 unspecified atom stereocenters. The highest BCUT2D eigenvalue weighted by atomic mass is 19.1. The SMILES string of the molecule is CCOc1ccc(-n2ccc3c2CCCC3=O)cc1F. The van der Waals surface area contributed by atoms with Crippen LogP contribution in [0, 0.1) is 5.82 Å². The van der Waals surface area contributed by atoms with E-state index in [1.165, 1.54) is 6.07 Å². The number of nitrogens with zero attached hydrogens (tertiary/aromatic N) is 1. The quantitative estimate of drug-likeness (QED) is 0.856. The summed E-state index contributed by atoms with van der Waals surface area (Å²) in [7, 11) is 0. The van der Waals surface area contributed by atoms with Crippen LogP contribution in [0.2, 0.25) is 0 Å². The van der Waals surface area contributed by atoms with E-state index in [0.29, 0.717) is 13.0 Å². The summed E-state index contributed by atoms with van der Waals surface area (Å²) in [6, 6.07) is 6.72. The van der Waals surface area contributed by atoms with Crippen LogP contribution in [0.5, 0.6) is 5.75 Å². The van der Waals surface area contributed by atoms with Crippen LogP contribution < -0.4 is 4.74 Å². The fourth-order valence-electron chi connectivity index (χ4n) is 2.68. The summed E-state index contributed by atoms with van der Waals surface area (Å²) in [4.78, 5) is 11.8. The van der Waals surface area contributed by atoms with Crippen molar-refractivity contribution in [3.8, 4) is 11.4 Å². The molecule has 2 aromatic rings. The average molecular weight is 273 g/mol. The summed E-state index contributed by atoms with van der Waals surface area (Å²) in [6.07, 6.45) is 4.15. The maximum absolute atomic E-state index is 13.9. The Hall–Kier alpha value is -2.10. The largest absolute Gasteiger partial charge is 0.491 e. The summed E-state index contributed by atoms with van der Waals surface area (Å²) in [5.41, 5.74) is 2.47. The number of hydrogen-bond donors (Lipinski definition) is 0. The van der Waals surface area contributed by atoms with Gasteiger partial charge in [-0.3, -0.25) is 4.79 Å². The average Bonchev–Trinajstić information content (AvgIpc) is 2.87. The molecular formula is C16H16FNO2. The maximum Gasteiger partial charge on any atom is 0.167 e. The molecule has 0 fully saturated rings. The molecule has 0 amide bonds. The van der Waals surface area contributed by atoms with Crippen molar-refractivity contribution in [1.29, 1.82) is 0 Å². The zero-order valence-corrected chi connectivity index (χ0v) is 11.4. The predicted octanol–water partition coefficient (Wildman–Crippen LogP) is 3.53. The van der Waals surface area contributed by atoms with Gasteiger partial charge in [0.2, 0.25) is 0 Å². The van der Waals surface area contributed by atoms with Gasteiger partial charge in [-0.05, 0) is 38.0 Å². The fraction of sp³-hybridized carbons (Fsp3) is 0.312. The van der Waals surface area contributed by atoms with Crippen LogP contribution in [0.1, 0.15) is 35.8 Å².